The van der Waals surface area contributed by atoms with Crippen molar-refractivity contribution in [1.82, 2.24) is 5.32 Å². The van der Waals surface area contributed by atoms with E-state index in [1.165, 1.54) is 7.11 Å². The summed E-state index contributed by atoms with van der Waals surface area (Å²) in [6.07, 6.45) is 2.14. The minimum atomic E-state index is -0.725. The lowest BCUT2D eigenvalue weighted by Crippen LogP contribution is -2.35. The van der Waals surface area contributed by atoms with Gasteiger partial charge in [-0.3, -0.25) is 4.79 Å². The summed E-state index contributed by atoms with van der Waals surface area (Å²) in [4.78, 5) is 23.5. The molecule has 2 unspecified atom stereocenters. The van der Waals surface area contributed by atoms with Gasteiger partial charge < -0.3 is 20.5 Å². The Bertz CT molecular complexity index is 608. The number of carbonyl (C=O) groups excluding carboxylic acids is 2. The first kappa shape index (κ1) is 20.7. The Labute approximate surface area is 149 Å². The smallest absolute Gasteiger partial charge is 0.408 e. The van der Waals surface area contributed by atoms with E-state index in [-0.39, 0.29) is 6.04 Å². The molecule has 138 valence electrons. The fourth-order valence-corrected chi connectivity index (χ4v) is 2.32. The van der Waals surface area contributed by atoms with Crippen LogP contribution in [0.1, 0.15) is 44.4 Å². The maximum absolute atomic E-state index is 12.1. The molecule has 0 heterocycles. The molecule has 0 aliphatic heterocycles. The van der Waals surface area contributed by atoms with Crippen LogP contribution in [0.15, 0.2) is 36.9 Å². The van der Waals surface area contributed by atoms with E-state index in [9.17, 15) is 9.59 Å². The van der Waals surface area contributed by atoms with Crippen molar-refractivity contribution in [3.63, 3.8) is 0 Å². The second-order valence-electron chi connectivity index (χ2n) is 6.80. The largest absolute Gasteiger partial charge is 0.468 e. The van der Waals surface area contributed by atoms with Crippen LogP contribution in [0.3, 0.4) is 0 Å². The van der Waals surface area contributed by atoms with Crippen LogP contribution in [0.2, 0.25) is 0 Å². The van der Waals surface area contributed by atoms with Gasteiger partial charge in [0.05, 0.1) is 13.2 Å². The van der Waals surface area contributed by atoms with Gasteiger partial charge in [-0.15, -0.1) is 6.58 Å². The zero-order valence-corrected chi connectivity index (χ0v) is 15.4. The number of amides is 1. The summed E-state index contributed by atoms with van der Waals surface area (Å²) in [7, 11) is 1.31. The Morgan fingerprint density at radius 3 is 2.60 bits per heavy atom. The fourth-order valence-electron chi connectivity index (χ4n) is 2.32. The summed E-state index contributed by atoms with van der Waals surface area (Å²) in [5, 5.41) is 2.85. The van der Waals surface area contributed by atoms with Crippen LogP contribution in [0.5, 0.6) is 0 Å². The number of hydrogen-bond acceptors (Lipinski definition) is 5. The maximum Gasteiger partial charge on any atom is 0.408 e. The molecule has 25 heavy (non-hydrogen) atoms. The second-order valence-corrected chi connectivity index (χ2v) is 6.80. The summed E-state index contributed by atoms with van der Waals surface area (Å²) in [6.45, 7) is 9.17. The van der Waals surface area contributed by atoms with Crippen LogP contribution < -0.4 is 11.1 Å². The topological polar surface area (TPSA) is 90.6 Å². The average Bonchev–Trinajstić information content (AvgIpc) is 2.52. The third kappa shape index (κ3) is 7.39. The minimum absolute atomic E-state index is 0.276. The van der Waals surface area contributed by atoms with Gasteiger partial charge >= 0.3 is 12.1 Å². The summed E-state index contributed by atoms with van der Waals surface area (Å²) in [5.74, 6) is -0.458. The zero-order chi connectivity index (χ0) is 19.0. The van der Waals surface area contributed by atoms with Crippen molar-refractivity contribution in [2.24, 2.45) is 5.73 Å². The number of carbonyl (C=O) groups is 2. The molecule has 0 saturated heterocycles. The molecule has 1 aromatic rings. The summed E-state index contributed by atoms with van der Waals surface area (Å²) in [5.41, 5.74) is 7.02. The molecule has 0 saturated carbocycles. The quantitative estimate of drug-likeness (QED) is 0.584. The van der Waals surface area contributed by atoms with E-state index in [1.807, 2.05) is 45.0 Å². The number of hydrogen-bond donors (Lipinski definition) is 2. The van der Waals surface area contributed by atoms with Crippen molar-refractivity contribution >= 4 is 12.1 Å². The van der Waals surface area contributed by atoms with Crippen molar-refractivity contribution in [2.75, 3.05) is 7.11 Å². The Hall–Kier alpha value is -2.34. The van der Waals surface area contributed by atoms with E-state index in [2.05, 4.69) is 16.6 Å². The molecule has 0 radical (unpaired) electrons. The SMILES string of the molecule is C=CCC(NC(=O)OC(C)(C)C)c1cccc(CC(N)C(=O)OC)c1. The lowest BCUT2D eigenvalue weighted by Gasteiger charge is -2.23. The highest BCUT2D eigenvalue weighted by atomic mass is 16.6. The van der Waals surface area contributed by atoms with Crippen molar-refractivity contribution in [2.45, 2.75) is 51.3 Å². The van der Waals surface area contributed by atoms with Crippen LogP contribution in [-0.2, 0) is 20.7 Å². The summed E-state index contributed by atoms with van der Waals surface area (Å²) >= 11 is 0. The Balaban J connectivity index is 2.89. The van der Waals surface area contributed by atoms with Crippen LogP contribution in [0.25, 0.3) is 0 Å². The molecular weight excluding hydrogens is 320 g/mol. The molecule has 0 aliphatic rings. The number of esters is 1. The highest BCUT2D eigenvalue weighted by Crippen LogP contribution is 2.20. The molecule has 6 nitrogen and oxygen atoms in total. The van der Waals surface area contributed by atoms with Crippen molar-refractivity contribution in [3.05, 3.63) is 48.0 Å². The molecule has 0 aromatic heterocycles. The van der Waals surface area contributed by atoms with E-state index in [0.717, 1.165) is 11.1 Å². The Morgan fingerprint density at radius 2 is 2.04 bits per heavy atom. The molecule has 0 aliphatic carbocycles. The van der Waals surface area contributed by atoms with Crippen LogP contribution >= 0.6 is 0 Å². The van der Waals surface area contributed by atoms with Gasteiger partial charge in [0.2, 0.25) is 0 Å². The van der Waals surface area contributed by atoms with Gasteiger partial charge in [0, 0.05) is 0 Å². The van der Waals surface area contributed by atoms with Crippen molar-refractivity contribution in [3.8, 4) is 0 Å². The van der Waals surface area contributed by atoms with E-state index < -0.39 is 23.7 Å². The number of nitrogens with one attached hydrogen (secondary N) is 1. The van der Waals surface area contributed by atoms with Crippen LogP contribution in [-0.4, -0.2) is 30.8 Å². The molecule has 1 rings (SSSR count). The monoisotopic (exact) mass is 348 g/mol. The van der Waals surface area contributed by atoms with Crippen LogP contribution in [0.4, 0.5) is 4.79 Å². The summed E-state index contributed by atoms with van der Waals surface area (Å²) in [6, 6.07) is 6.55. The number of methoxy groups -OCH3 is 1. The minimum Gasteiger partial charge on any atom is -0.468 e. The lowest BCUT2D eigenvalue weighted by atomic mass is 9.98. The zero-order valence-electron chi connectivity index (χ0n) is 15.4. The predicted octanol–water partition coefficient (Wildman–Crippen LogP) is 2.87. The molecule has 1 aromatic carbocycles. The number of rotatable bonds is 7. The van der Waals surface area contributed by atoms with E-state index in [1.54, 1.807) is 6.08 Å². The molecule has 0 spiro atoms. The Morgan fingerprint density at radius 1 is 1.36 bits per heavy atom. The molecule has 2 atom stereocenters. The van der Waals surface area contributed by atoms with E-state index in [4.69, 9.17) is 10.5 Å². The van der Waals surface area contributed by atoms with Crippen molar-refractivity contribution < 1.29 is 19.1 Å². The van der Waals surface area contributed by atoms with Gasteiger partial charge in [-0.05, 0) is 44.7 Å². The number of nitrogens with two attached hydrogens (primary N) is 1. The highest BCUT2D eigenvalue weighted by Gasteiger charge is 2.21. The van der Waals surface area contributed by atoms with Gasteiger partial charge in [0.1, 0.15) is 11.6 Å². The summed E-state index contributed by atoms with van der Waals surface area (Å²) < 4.78 is 9.96. The molecule has 1 amide bonds. The third-order valence-corrected chi connectivity index (χ3v) is 3.41. The van der Waals surface area contributed by atoms with Gasteiger partial charge in [-0.1, -0.05) is 30.3 Å². The van der Waals surface area contributed by atoms with E-state index in [0.29, 0.717) is 12.8 Å². The average molecular weight is 348 g/mol. The van der Waals surface area contributed by atoms with Gasteiger partial charge in [-0.25, -0.2) is 4.79 Å². The highest BCUT2D eigenvalue weighted by molar-refractivity contribution is 5.75. The number of ether oxygens (including phenoxy) is 2. The van der Waals surface area contributed by atoms with Crippen molar-refractivity contribution in [1.29, 1.82) is 0 Å². The maximum atomic E-state index is 12.1. The third-order valence-electron chi connectivity index (χ3n) is 3.41. The number of benzene rings is 1. The van der Waals surface area contributed by atoms with Gasteiger partial charge in [0.25, 0.3) is 0 Å². The molecule has 6 heteroatoms. The Kier molecular flexibility index (Phi) is 7.64. The van der Waals surface area contributed by atoms with Gasteiger partial charge in [0.15, 0.2) is 0 Å². The standard InChI is InChI=1S/C19H28N2O4/c1-6-8-16(21-18(23)25-19(2,3)4)14-10-7-9-13(11-14)12-15(20)17(22)24-5/h6-7,9-11,15-16H,1,8,12,20H2,2-5H3,(H,21,23). The first-order valence-corrected chi connectivity index (χ1v) is 8.19. The van der Waals surface area contributed by atoms with Crippen LogP contribution in [0, 0.1) is 0 Å². The lowest BCUT2D eigenvalue weighted by molar-refractivity contribution is -0.142. The molecular formula is C19H28N2O4. The fraction of sp³-hybridized carbons (Fsp3) is 0.474. The van der Waals surface area contributed by atoms with E-state index >= 15 is 0 Å². The normalized spacial score (nSPS) is 13.5. The molecule has 0 bridgehead atoms. The first-order valence-electron chi connectivity index (χ1n) is 8.19. The predicted molar refractivity (Wildman–Crippen MR) is 97.1 cm³/mol. The number of alkyl carbamates (subject to hydrolysis) is 1. The van der Waals surface area contributed by atoms with Gasteiger partial charge in [-0.2, -0.15) is 0 Å². The molecule has 0 fully saturated rings. The molecule has 3 N–H and O–H groups in total. The first-order chi connectivity index (χ1) is 11.7. The second kappa shape index (κ2) is 9.22.